The maximum absolute atomic E-state index is 12.2. The number of hydrogen-bond donors (Lipinski definition) is 1. The lowest BCUT2D eigenvalue weighted by Gasteiger charge is -2.26. The van der Waals surface area contributed by atoms with Crippen molar-refractivity contribution < 1.29 is 13.2 Å². The quantitative estimate of drug-likeness (QED) is 0.885. The van der Waals surface area contributed by atoms with Crippen LogP contribution in [0.3, 0.4) is 0 Å². The molecule has 5 heteroatoms. The second-order valence-electron chi connectivity index (χ2n) is 5.77. The van der Waals surface area contributed by atoms with E-state index in [4.69, 9.17) is 4.74 Å². The molecule has 1 unspecified atom stereocenters. The summed E-state index contributed by atoms with van der Waals surface area (Å²) in [5.74, 6) is 1.15. The number of sulfonamides is 1. The fourth-order valence-corrected chi connectivity index (χ4v) is 3.93. The summed E-state index contributed by atoms with van der Waals surface area (Å²) < 4.78 is 32.8. The number of rotatable bonds is 6. The molecule has 0 aromatic heterocycles. The van der Waals surface area contributed by atoms with Crippen LogP contribution in [0.1, 0.15) is 23.5 Å². The Morgan fingerprint density at radius 3 is 2.61 bits per heavy atom. The molecule has 1 N–H and O–H groups in total. The topological polar surface area (TPSA) is 55.4 Å². The van der Waals surface area contributed by atoms with E-state index in [9.17, 15) is 8.42 Å². The van der Waals surface area contributed by atoms with E-state index in [1.54, 1.807) is 0 Å². The van der Waals surface area contributed by atoms with Crippen molar-refractivity contribution in [1.82, 2.24) is 4.72 Å². The van der Waals surface area contributed by atoms with Crippen molar-refractivity contribution in [2.45, 2.75) is 18.8 Å². The Kier molecular flexibility index (Phi) is 4.98. The fraction of sp³-hybridized carbons (Fsp3) is 0.333. The molecule has 1 heterocycles. The second-order valence-corrected chi connectivity index (χ2v) is 7.70. The summed E-state index contributed by atoms with van der Waals surface area (Å²) in [6.45, 7) is 1.06. The van der Waals surface area contributed by atoms with Gasteiger partial charge in [0.2, 0.25) is 10.0 Å². The molecule has 1 atom stereocenters. The molecule has 0 saturated carbocycles. The van der Waals surface area contributed by atoms with Crippen molar-refractivity contribution in [3.05, 3.63) is 65.7 Å². The molecule has 2 aromatic carbocycles. The van der Waals surface area contributed by atoms with Crippen molar-refractivity contribution in [2.75, 3.05) is 18.9 Å². The van der Waals surface area contributed by atoms with Gasteiger partial charge in [-0.15, -0.1) is 0 Å². The highest BCUT2D eigenvalue weighted by molar-refractivity contribution is 7.89. The van der Waals surface area contributed by atoms with Gasteiger partial charge in [-0.2, -0.15) is 0 Å². The van der Waals surface area contributed by atoms with Gasteiger partial charge in [0.1, 0.15) is 5.75 Å². The lowest BCUT2D eigenvalue weighted by molar-refractivity contribution is 0.267. The van der Waals surface area contributed by atoms with Gasteiger partial charge in [0.25, 0.3) is 0 Å². The maximum atomic E-state index is 12.2. The van der Waals surface area contributed by atoms with Gasteiger partial charge in [-0.1, -0.05) is 48.5 Å². The number of benzene rings is 2. The van der Waals surface area contributed by atoms with Crippen LogP contribution in [0.4, 0.5) is 0 Å². The Labute approximate surface area is 137 Å². The van der Waals surface area contributed by atoms with Crippen molar-refractivity contribution in [1.29, 1.82) is 0 Å². The highest BCUT2D eigenvalue weighted by Crippen LogP contribution is 2.32. The Morgan fingerprint density at radius 2 is 1.78 bits per heavy atom. The average Bonchev–Trinajstić information content (AvgIpc) is 2.59. The average molecular weight is 331 g/mol. The molecule has 2 aromatic rings. The molecular formula is C18H21NO3S. The minimum absolute atomic E-state index is 0.113. The van der Waals surface area contributed by atoms with Crippen LogP contribution in [0.2, 0.25) is 0 Å². The predicted molar refractivity (Wildman–Crippen MR) is 91.2 cm³/mol. The Morgan fingerprint density at radius 1 is 1.04 bits per heavy atom. The Balaban J connectivity index is 1.57. The smallest absolute Gasteiger partial charge is 0.211 e. The largest absolute Gasteiger partial charge is 0.493 e. The van der Waals surface area contributed by atoms with Crippen LogP contribution < -0.4 is 9.46 Å². The lowest BCUT2D eigenvalue weighted by Crippen LogP contribution is -2.32. The van der Waals surface area contributed by atoms with E-state index in [1.165, 1.54) is 0 Å². The van der Waals surface area contributed by atoms with Crippen LogP contribution in [-0.2, 0) is 16.4 Å². The highest BCUT2D eigenvalue weighted by Gasteiger charge is 2.22. The van der Waals surface area contributed by atoms with Crippen LogP contribution in [0, 0.1) is 0 Å². The maximum Gasteiger partial charge on any atom is 0.211 e. The molecular weight excluding hydrogens is 310 g/mol. The minimum Gasteiger partial charge on any atom is -0.493 e. The number of ether oxygens (including phenoxy) is 1. The number of aryl methyl sites for hydroxylation is 1. The van der Waals surface area contributed by atoms with Gasteiger partial charge in [-0.25, -0.2) is 13.1 Å². The van der Waals surface area contributed by atoms with E-state index in [-0.39, 0.29) is 11.7 Å². The van der Waals surface area contributed by atoms with Crippen LogP contribution in [0.15, 0.2) is 54.6 Å². The van der Waals surface area contributed by atoms with Crippen molar-refractivity contribution >= 4 is 10.0 Å². The first-order valence-electron chi connectivity index (χ1n) is 7.87. The zero-order valence-corrected chi connectivity index (χ0v) is 13.8. The molecule has 122 valence electrons. The number of nitrogens with one attached hydrogen (secondary N) is 1. The third kappa shape index (κ3) is 4.33. The SMILES string of the molecule is O=S(=O)(CCc1ccccc1)NCC1CCOc2ccccc21. The molecule has 0 spiro atoms. The minimum atomic E-state index is -3.27. The third-order valence-corrected chi connectivity index (χ3v) is 5.48. The molecule has 0 amide bonds. The summed E-state index contributed by atoms with van der Waals surface area (Å²) in [4.78, 5) is 0. The van der Waals surface area contributed by atoms with Gasteiger partial charge in [0.05, 0.1) is 12.4 Å². The van der Waals surface area contributed by atoms with Gasteiger partial charge in [0, 0.05) is 12.5 Å². The van der Waals surface area contributed by atoms with Crippen LogP contribution in [0.25, 0.3) is 0 Å². The van der Waals surface area contributed by atoms with Crippen LogP contribution in [0.5, 0.6) is 5.75 Å². The molecule has 0 radical (unpaired) electrons. The summed E-state index contributed by atoms with van der Waals surface area (Å²) in [6, 6.07) is 17.5. The van der Waals surface area contributed by atoms with Gasteiger partial charge >= 0.3 is 0 Å². The lowest BCUT2D eigenvalue weighted by atomic mass is 9.93. The van der Waals surface area contributed by atoms with E-state index in [1.807, 2.05) is 54.6 Å². The monoisotopic (exact) mass is 331 g/mol. The molecule has 0 aliphatic carbocycles. The zero-order valence-electron chi connectivity index (χ0n) is 12.9. The third-order valence-electron chi connectivity index (χ3n) is 4.13. The molecule has 23 heavy (non-hydrogen) atoms. The van der Waals surface area contributed by atoms with Gasteiger partial charge in [-0.05, 0) is 30.0 Å². The number of para-hydroxylation sites is 1. The van der Waals surface area contributed by atoms with Gasteiger partial charge in [0.15, 0.2) is 0 Å². The molecule has 0 bridgehead atoms. The Bertz CT molecular complexity index is 744. The summed E-state index contributed by atoms with van der Waals surface area (Å²) in [7, 11) is -3.27. The van der Waals surface area contributed by atoms with Crippen LogP contribution >= 0.6 is 0 Å². The molecule has 1 aliphatic rings. The van der Waals surface area contributed by atoms with Gasteiger partial charge < -0.3 is 4.74 Å². The van der Waals surface area contributed by atoms with Crippen molar-refractivity contribution in [3.63, 3.8) is 0 Å². The van der Waals surface area contributed by atoms with Crippen molar-refractivity contribution in [2.24, 2.45) is 0 Å². The molecule has 3 rings (SSSR count). The predicted octanol–water partition coefficient (Wildman–Crippen LogP) is 2.71. The highest BCUT2D eigenvalue weighted by atomic mass is 32.2. The molecule has 0 fully saturated rings. The van der Waals surface area contributed by atoms with Crippen molar-refractivity contribution in [3.8, 4) is 5.75 Å². The normalized spacial score (nSPS) is 17.3. The molecule has 1 aliphatic heterocycles. The summed E-state index contributed by atoms with van der Waals surface area (Å²) in [6.07, 6.45) is 1.36. The summed E-state index contributed by atoms with van der Waals surface area (Å²) in [5, 5.41) is 0. The van der Waals surface area contributed by atoms with E-state index in [0.717, 1.165) is 23.3 Å². The first-order chi connectivity index (χ1) is 11.1. The van der Waals surface area contributed by atoms with E-state index < -0.39 is 10.0 Å². The summed E-state index contributed by atoms with van der Waals surface area (Å²) >= 11 is 0. The number of fused-ring (bicyclic) bond motifs is 1. The zero-order chi connectivity index (χ0) is 16.1. The van der Waals surface area contributed by atoms with Gasteiger partial charge in [-0.3, -0.25) is 0 Å². The Hall–Kier alpha value is -1.85. The summed E-state index contributed by atoms with van der Waals surface area (Å²) in [5.41, 5.74) is 2.12. The number of hydrogen-bond acceptors (Lipinski definition) is 3. The first kappa shape index (κ1) is 16.0. The van der Waals surface area contributed by atoms with Crippen LogP contribution in [-0.4, -0.2) is 27.3 Å². The van der Waals surface area contributed by atoms with E-state index >= 15 is 0 Å². The van der Waals surface area contributed by atoms with E-state index in [0.29, 0.717) is 19.6 Å². The standard InChI is InChI=1S/C18H21NO3S/c20-23(21,13-11-15-6-2-1-3-7-15)19-14-16-10-12-22-18-9-5-4-8-17(16)18/h1-9,16,19H,10-14H2. The molecule has 0 saturated heterocycles. The second kappa shape index (κ2) is 7.15. The molecule has 4 nitrogen and oxygen atoms in total. The first-order valence-corrected chi connectivity index (χ1v) is 9.52. The van der Waals surface area contributed by atoms with E-state index in [2.05, 4.69) is 4.72 Å². The fourth-order valence-electron chi connectivity index (χ4n) is 2.82.